The van der Waals surface area contributed by atoms with Gasteiger partial charge in [0.25, 0.3) is 5.91 Å². The van der Waals surface area contributed by atoms with Gasteiger partial charge in [-0.05, 0) is 23.5 Å². The fourth-order valence-electron chi connectivity index (χ4n) is 2.18. The molecule has 0 aliphatic carbocycles. The molecule has 0 aromatic carbocycles. The highest BCUT2D eigenvalue weighted by molar-refractivity contribution is 5.92. The third kappa shape index (κ3) is 7.75. The summed E-state index contributed by atoms with van der Waals surface area (Å²) in [5, 5.41) is 17.5. The van der Waals surface area contributed by atoms with Gasteiger partial charge in [-0.15, -0.1) is 5.53 Å². The Labute approximate surface area is 147 Å². The highest BCUT2D eigenvalue weighted by Crippen LogP contribution is 2.08. The van der Waals surface area contributed by atoms with E-state index in [1.54, 1.807) is 27.7 Å². The number of hydrogen-bond donors (Lipinski definition) is 4. The number of carbonyl (C=O) groups is 3. The summed E-state index contributed by atoms with van der Waals surface area (Å²) in [7, 11) is 0. The highest BCUT2D eigenvalue weighted by atomic mass is 16.4. The molecule has 10 heteroatoms. The molecule has 0 aliphatic heterocycles. The summed E-state index contributed by atoms with van der Waals surface area (Å²) >= 11 is 0. The molecule has 0 bridgehead atoms. The Hall–Kier alpha value is -2.48. The molecule has 0 aromatic heterocycles. The number of carbonyl (C=O) groups excluding carboxylic acids is 2. The molecule has 0 heterocycles. The lowest BCUT2D eigenvalue weighted by Crippen LogP contribution is -2.57. The lowest BCUT2D eigenvalue weighted by Gasteiger charge is -2.26. The van der Waals surface area contributed by atoms with E-state index in [1.165, 1.54) is 0 Å². The maximum atomic E-state index is 12.4. The smallest absolute Gasteiger partial charge is 0.326 e. The first-order valence-electron chi connectivity index (χ1n) is 8.28. The summed E-state index contributed by atoms with van der Waals surface area (Å²) in [6, 6.07) is -2.71. The van der Waals surface area contributed by atoms with E-state index in [0.717, 1.165) is 0 Å². The fourth-order valence-corrected chi connectivity index (χ4v) is 2.18. The number of aliphatic carboxylic acids is 1. The molecule has 2 amide bonds. The van der Waals surface area contributed by atoms with E-state index < -0.39 is 35.9 Å². The normalized spacial score (nSPS) is 14.2. The topological polar surface area (TPSA) is 156 Å². The van der Waals surface area contributed by atoms with Crippen LogP contribution in [0.25, 0.3) is 10.4 Å². The molecule has 25 heavy (non-hydrogen) atoms. The van der Waals surface area contributed by atoms with Crippen LogP contribution in [-0.4, -0.2) is 41.0 Å². The van der Waals surface area contributed by atoms with E-state index in [4.69, 9.17) is 5.53 Å². The molecule has 0 rings (SSSR count). The first kappa shape index (κ1) is 22.5. The highest BCUT2D eigenvalue weighted by Gasteiger charge is 2.32. The number of amides is 2. The average Bonchev–Trinajstić information content (AvgIpc) is 2.52. The van der Waals surface area contributed by atoms with Gasteiger partial charge in [0.05, 0.1) is 0 Å². The number of hydrogen-bond acceptors (Lipinski definition) is 4. The number of azide groups is 1. The van der Waals surface area contributed by atoms with Crippen molar-refractivity contribution in [3.63, 3.8) is 0 Å². The summed E-state index contributed by atoms with van der Waals surface area (Å²) in [4.78, 5) is 38.6. The van der Waals surface area contributed by atoms with Crippen molar-refractivity contribution in [3.05, 3.63) is 10.4 Å². The van der Waals surface area contributed by atoms with E-state index in [-0.39, 0.29) is 11.8 Å². The van der Waals surface area contributed by atoms with Gasteiger partial charge in [-0.2, -0.15) is 4.91 Å². The zero-order chi connectivity index (χ0) is 19.6. The van der Waals surface area contributed by atoms with Crippen LogP contribution in [0, 0.1) is 11.8 Å². The van der Waals surface area contributed by atoms with Gasteiger partial charge in [0, 0.05) is 0 Å². The summed E-state index contributed by atoms with van der Waals surface area (Å²) in [5.41, 5.74) is 10.8. The second kappa shape index (κ2) is 11.1. The fraction of sp³-hybridized carbons (Fsp3) is 0.800. The maximum Gasteiger partial charge on any atom is 0.326 e. The summed E-state index contributed by atoms with van der Waals surface area (Å²) in [6.07, 6.45) is 1.08. The largest absolute Gasteiger partial charge is 0.480 e. The van der Waals surface area contributed by atoms with Gasteiger partial charge in [-0.3, -0.25) is 9.59 Å². The van der Waals surface area contributed by atoms with Crippen molar-refractivity contribution >= 4 is 17.8 Å². The minimum Gasteiger partial charge on any atom is -0.480 e. The first-order chi connectivity index (χ1) is 11.6. The van der Waals surface area contributed by atoms with Crippen LogP contribution in [0.1, 0.15) is 47.5 Å². The van der Waals surface area contributed by atoms with Gasteiger partial charge in [0.1, 0.15) is 12.1 Å². The van der Waals surface area contributed by atoms with Crippen LogP contribution in [0.15, 0.2) is 5.22 Å². The van der Waals surface area contributed by atoms with Crippen molar-refractivity contribution in [3.8, 4) is 0 Å². The van der Waals surface area contributed by atoms with Crippen LogP contribution in [0.2, 0.25) is 0 Å². The molecule has 0 aliphatic rings. The van der Waals surface area contributed by atoms with Crippen LogP contribution < -0.4 is 16.1 Å². The monoisotopic (exact) mass is 356 g/mol. The number of carboxylic acid groups (broad SMARTS) is 1. The molecule has 10 nitrogen and oxygen atoms in total. The molecule has 0 unspecified atom stereocenters. The summed E-state index contributed by atoms with van der Waals surface area (Å²) < 4.78 is 0. The molecular formula is C15H28N6O4. The van der Waals surface area contributed by atoms with Crippen molar-refractivity contribution in [2.45, 2.75) is 65.6 Å². The van der Waals surface area contributed by atoms with E-state index in [9.17, 15) is 19.5 Å². The molecule has 4 N–H and O–H groups in total. The van der Waals surface area contributed by atoms with Crippen LogP contribution in [0.4, 0.5) is 0 Å². The van der Waals surface area contributed by atoms with Gasteiger partial charge < -0.3 is 15.7 Å². The molecule has 0 radical (unpaired) electrons. The van der Waals surface area contributed by atoms with E-state index in [1.807, 2.05) is 6.92 Å². The van der Waals surface area contributed by atoms with Gasteiger partial charge in [0.15, 0.2) is 6.04 Å². The van der Waals surface area contributed by atoms with Crippen LogP contribution in [-0.2, 0) is 14.4 Å². The predicted molar refractivity (Wildman–Crippen MR) is 92.2 cm³/mol. The third-order valence-electron chi connectivity index (χ3n) is 3.63. The number of carboxylic acids is 1. The Balaban J connectivity index is 5.14. The van der Waals surface area contributed by atoms with Crippen molar-refractivity contribution < 1.29 is 19.5 Å². The van der Waals surface area contributed by atoms with Gasteiger partial charge in [-0.25, -0.2) is 10.2 Å². The van der Waals surface area contributed by atoms with Crippen LogP contribution in [0.3, 0.4) is 0 Å². The van der Waals surface area contributed by atoms with Crippen molar-refractivity contribution in [1.82, 2.24) is 16.1 Å². The number of nitrogens with zero attached hydrogens (tertiary/aromatic N) is 3. The first-order valence-corrected chi connectivity index (χ1v) is 8.28. The van der Waals surface area contributed by atoms with Crippen LogP contribution >= 0.6 is 0 Å². The Bertz CT molecular complexity index is 516. The zero-order valence-corrected chi connectivity index (χ0v) is 15.3. The van der Waals surface area contributed by atoms with E-state index in [2.05, 4.69) is 26.2 Å². The van der Waals surface area contributed by atoms with Gasteiger partial charge >= 0.3 is 5.97 Å². The molecule has 0 saturated heterocycles. The number of nitrogens with one attached hydrogen (secondary N) is 3. The molecule has 0 fully saturated rings. The molecule has 0 saturated carbocycles. The molecule has 142 valence electrons. The molecule has 0 spiro atoms. The van der Waals surface area contributed by atoms with Gasteiger partial charge in [-0.1, -0.05) is 41.0 Å². The lowest BCUT2D eigenvalue weighted by molar-refractivity contribution is -0.143. The standard InChI is InChI=1S/C15H28N6O4/c1-6-7-10(19-21-20-16)13(22)17-11(8(2)3)14(23)18-12(9(4)5)15(24)25/h8-12,19H,6-7H2,1-5H3,(H,17,22)(H,18,23)(H,24,25)/t10-,11-,12-/m0/s1. The SMILES string of the molecule is CCC[C@H](NN=[N+]=[N-])C(=O)N[C@H](C(=O)N[C@H](C(=O)O)C(C)C)C(C)C. The minimum atomic E-state index is -1.13. The van der Waals surface area contributed by atoms with Crippen molar-refractivity contribution in [2.75, 3.05) is 0 Å². The second-order valence-electron chi connectivity index (χ2n) is 6.46. The van der Waals surface area contributed by atoms with Crippen molar-refractivity contribution in [2.24, 2.45) is 17.1 Å². The van der Waals surface area contributed by atoms with Crippen LogP contribution in [0.5, 0.6) is 0 Å². The Morgan fingerprint density at radius 1 is 1.04 bits per heavy atom. The van der Waals surface area contributed by atoms with Crippen molar-refractivity contribution in [1.29, 1.82) is 0 Å². The maximum absolute atomic E-state index is 12.4. The minimum absolute atomic E-state index is 0.257. The predicted octanol–water partition coefficient (Wildman–Crippen LogP) is 1.34. The quantitative estimate of drug-likeness (QED) is 0.190. The van der Waals surface area contributed by atoms with E-state index >= 15 is 0 Å². The Morgan fingerprint density at radius 3 is 1.96 bits per heavy atom. The second-order valence-corrected chi connectivity index (χ2v) is 6.46. The third-order valence-corrected chi connectivity index (χ3v) is 3.63. The lowest BCUT2D eigenvalue weighted by atomic mass is 9.99. The van der Waals surface area contributed by atoms with E-state index in [0.29, 0.717) is 12.8 Å². The molecular weight excluding hydrogens is 328 g/mol. The molecule has 0 aromatic rings. The Kier molecular flexibility index (Phi) is 10.0. The summed E-state index contributed by atoms with van der Waals surface area (Å²) in [5.74, 6) is -2.74. The Morgan fingerprint density at radius 2 is 1.56 bits per heavy atom. The average molecular weight is 356 g/mol. The number of rotatable bonds is 11. The molecule has 3 atom stereocenters. The van der Waals surface area contributed by atoms with Gasteiger partial charge in [0.2, 0.25) is 5.91 Å². The summed E-state index contributed by atoms with van der Waals surface area (Å²) in [6.45, 7) is 8.72. The zero-order valence-electron chi connectivity index (χ0n) is 15.3.